The average Bonchev–Trinajstić information content (AvgIpc) is 3.16. The maximum Gasteiger partial charge on any atom is 0.182 e. The molecule has 0 atom stereocenters. The van der Waals surface area contributed by atoms with Crippen molar-refractivity contribution in [3.63, 3.8) is 0 Å². The van der Waals surface area contributed by atoms with Gasteiger partial charge in [-0.2, -0.15) is 0 Å². The number of tetrazole rings is 1. The molecule has 0 aliphatic heterocycles. The standard InChI is InChI=1S/C21H20N4O/c1-26-13-5-12-25-21(22-23-24-25)20-9-4-8-18(15-20)19-11-10-16-6-2-3-7-17(16)14-19/h2-4,6-11,14-15H,5,12-13H2,1H3. The molecule has 5 nitrogen and oxygen atoms in total. The number of hydrogen-bond donors (Lipinski definition) is 0. The van der Waals surface area contributed by atoms with E-state index in [9.17, 15) is 0 Å². The van der Waals surface area contributed by atoms with Gasteiger partial charge in [-0.25, -0.2) is 4.68 Å². The summed E-state index contributed by atoms with van der Waals surface area (Å²) in [7, 11) is 1.70. The quantitative estimate of drug-likeness (QED) is 0.492. The van der Waals surface area contributed by atoms with Crippen molar-refractivity contribution in [3.8, 4) is 22.5 Å². The summed E-state index contributed by atoms with van der Waals surface area (Å²) in [6.45, 7) is 1.42. The molecule has 3 aromatic carbocycles. The number of nitrogens with zero attached hydrogens (tertiary/aromatic N) is 4. The van der Waals surface area contributed by atoms with Gasteiger partial charge in [0.2, 0.25) is 0 Å². The summed E-state index contributed by atoms with van der Waals surface area (Å²) in [4.78, 5) is 0. The minimum atomic E-state index is 0.691. The van der Waals surface area contributed by atoms with Crippen molar-refractivity contribution in [3.05, 3.63) is 66.7 Å². The van der Waals surface area contributed by atoms with Crippen LogP contribution in [0.5, 0.6) is 0 Å². The predicted molar refractivity (Wildman–Crippen MR) is 103 cm³/mol. The van der Waals surface area contributed by atoms with Gasteiger partial charge < -0.3 is 4.74 Å². The highest BCUT2D eigenvalue weighted by molar-refractivity contribution is 5.87. The molecule has 0 saturated heterocycles. The smallest absolute Gasteiger partial charge is 0.182 e. The second kappa shape index (κ2) is 7.45. The zero-order valence-electron chi connectivity index (χ0n) is 14.7. The second-order valence-corrected chi connectivity index (χ2v) is 6.21. The van der Waals surface area contributed by atoms with E-state index in [-0.39, 0.29) is 0 Å². The van der Waals surface area contributed by atoms with E-state index in [1.165, 1.54) is 16.3 Å². The number of benzene rings is 3. The third-order valence-corrected chi connectivity index (χ3v) is 4.45. The van der Waals surface area contributed by atoms with E-state index >= 15 is 0 Å². The summed E-state index contributed by atoms with van der Waals surface area (Å²) in [6.07, 6.45) is 0.874. The van der Waals surface area contributed by atoms with Crippen LogP contribution in [0.2, 0.25) is 0 Å². The summed E-state index contributed by atoms with van der Waals surface area (Å²) in [5.41, 5.74) is 3.35. The Morgan fingerprint density at radius 1 is 0.846 bits per heavy atom. The lowest BCUT2D eigenvalue weighted by Crippen LogP contribution is -2.05. The van der Waals surface area contributed by atoms with E-state index in [0.29, 0.717) is 6.61 Å². The highest BCUT2D eigenvalue weighted by Gasteiger charge is 2.10. The molecular formula is C21H20N4O. The molecule has 0 aliphatic carbocycles. The van der Waals surface area contributed by atoms with Crippen molar-refractivity contribution in [2.45, 2.75) is 13.0 Å². The van der Waals surface area contributed by atoms with Gasteiger partial charge in [-0.3, -0.25) is 0 Å². The number of ether oxygens (including phenoxy) is 1. The Balaban J connectivity index is 1.67. The van der Waals surface area contributed by atoms with E-state index in [1.54, 1.807) is 7.11 Å². The Morgan fingerprint density at radius 3 is 2.54 bits per heavy atom. The fourth-order valence-corrected chi connectivity index (χ4v) is 3.13. The molecule has 1 heterocycles. The van der Waals surface area contributed by atoms with Gasteiger partial charge in [0.15, 0.2) is 5.82 Å². The average molecular weight is 344 g/mol. The van der Waals surface area contributed by atoms with Gasteiger partial charge in [0.05, 0.1) is 0 Å². The topological polar surface area (TPSA) is 52.8 Å². The minimum absolute atomic E-state index is 0.691. The zero-order chi connectivity index (χ0) is 17.8. The van der Waals surface area contributed by atoms with Crippen LogP contribution >= 0.6 is 0 Å². The number of fused-ring (bicyclic) bond motifs is 1. The van der Waals surface area contributed by atoms with E-state index in [0.717, 1.165) is 29.9 Å². The lowest BCUT2D eigenvalue weighted by atomic mass is 9.99. The van der Waals surface area contributed by atoms with Crippen molar-refractivity contribution in [1.29, 1.82) is 0 Å². The Bertz CT molecular complexity index is 1030. The van der Waals surface area contributed by atoms with Gasteiger partial charge in [0, 0.05) is 25.8 Å². The fraction of sp³-hybridized carbons (Fsp3) is 0.190. The molecule has 0 saturated carbocycles. The van der Waals surface area contributed by atoms with Crippen LogP contribution in [-0.2, 0) is 11.3 Å². The molecule has 0 radical (unpaired) electrons. The number of aryl methyl sites for hydroxylation is 1. The summed E-state index contributed by atoms with van der Waals surface area (Å²) in [5.74, 6) is 0.781. The van der Waals surface area contributed by atoms with E-state index in [2.05, 4.69) is 70.1 Å². The van der Waals surface area contributed by atoms with E-state index < -0.39 is 0 Å². The van der Waals surface area contributed by atoms with Crippen LogP contribution in [0.4, 0.5) is 0 Å². The van der Waals surface area contributed by atoms with Crippen LogP contribution in [0, 0.1) is 0 Å². The van der Waals surface area contributed by atoms with Crippen molar-refractivity contribution >= 4 is 10.8 Å². The van der Waals surface area contributed by atoms with Crippen LogP contribution in [-0.4, -0.2) is 33.9 Å². The van der Waals surface area contributed by atoms with Crippen molar-refractivity contribution in [1.82, 2.24) is 20.2 Å². The molecule has 0 fully saturated rings. The number of methoxy groups -OCH3 is 1. The fourth-order valence-electron chi connectivity index (χ4n) is 3.13. The molecule has 4 rings (SSSR count). The Kier molecular flexibility index (Phi) is 4.71. The van der Waals surface area contributed by atoms with Crippen molar-refractivity contribution in [2.24, 2.45) is 0 Å². The highest BCUT2D eigenvalue weighted by atomic mass is 16.5. The molecule has 130 valence electrons. The first-order valence-corrected chi connectivity index (χ1v) is 8.70. The molecule has 4 aromatic rings. The molecule has 26 heavy (non-hydrogen) atoms. The third kappa shape index (κ3) is 3.34. The molecule has 0 N–H and O–H groups in total. The van der Waals surface area contributed by atoms with Crippen LogP contribution < -0.4 is 0 Å². The number of hydrogen-bond acceptors (Lipinski definition) is 4. The number of rotatable bonds is 6. The largest absolute Gasteiger partial charge is 0.385 e. The van der Waals surface area contributed by atoms with Crippen LogP contribution in [0.3, 0.4) is 0 Å². The summed E-state index contributed by atoms with van der Waals surface area (Å²) >= 11 is 0. The third-order valence-electron chi connectivity index (χ3n) is 4.45. The summed E-state index contributed by atoms with van der Waals surface area (Å²) in [5, 5.41) is 14.6. The molecule has 5 heteroatoms. The molecular weight excluding hydrogens is 324 g/mol. The normalized spacial score (nSPS) is 11.1. The summed E-state index contributed by atoms with van der Waals surface area (Å²) in [6, 6.07) is 23.3. The van der Waals surface area contributed by atoms with Crippen LogP contribution in [0.1, 0.15) is 6.42 Å². The zero-order valence-corrected chi connectivity index (χ0v) is 14.7. The lowest BCUT2D eigenvalue weighted by molar-refractivity contribution is 0.189. The SMILES string of the molecule is COCCCn1nnnc1-c1cccc(-c2ccc3ccccc3c2)c1. The first kappa shape index (κ1) is 16.4. The Morgan fingerprint density at radius 2 is 1.65 bits per heavy atom. The summed E-state index contributed by atoms with van der Waals surface area (Å²) < 4.78 is 6.95. The molecule has 0 bridgehead atoms. The maximum absolute atomic E-state index is 5.12. The van der Waals surface area contributed by atoms with Gasteiger partial charge >= 0.3 is 0 Å². The monoisotopic (exact) mass is 344 g/mol. The van der Waals surface area contributed by atoms with Crippen LogP contribution in [0.25, 0.3) is 33.3 Å². The van der Waals surface area contributed by atoms with E-state index in [4.69, 9.17) is 4.74 Å². The van der Waals surface area contributed by atoms with Gasteiger partial charge in [-0.05, 0) is 50.9 Å². The molecule has 0 amide bonds. The van der Waals surface area contributed by atoms with Gasteiger partial charge in [-0.15, -0.1) is 5.10 Å². The predicted octanol–water partition coefficient (Wildman–Crippen LogP) is 4.20. The van der Waals surface area contributed by atoms with Gasteiger partial charge in [0.1, 0.15) is 0 Å². The molecule has 0 spiro atoms. The van der Waals surface area contributed by atoms with E-state index in [1.807, 2.05) is 16.8 Å². The Labute approximate surface area is 152 Å². The van der Waals surface area contributed by atoms with Gasteiger partial charge in [0.25, 0.3) is 0 Å². The highest BCUT2D eigenvalue weighted by Crippen LogP contribution is 2.27. The lowest BCUT2D eigenvalue weighted by Gasteiger charge is -2.08. The minimum Gasteiger partial charge on any atom is -0.385 e. The van der Waals surface area contributed by atoms with Crippen molar-refractivity contribution < 1.29 is 4.74 Å². The maximum atomic E-state index is 5.12. The second-order valence-electron chi connectivity index (χ2n) is 6.21. The first-order valence-electron chi connectivity index (χ1n) is 8.70. The van der Waals surface area contributed by atoms with Gasteiger partial charge in [-0.1, -0.05) is 54.6 Å². The molecule has 0 aliphatic rings. The van der Waals surface area contributed by atoms with Crippen LogP contribution in [0.15, 0.2) is 66.7 Å². The Hall–Kier alpha value is -3.05. The molecule has 1 aromatic heterocycles. The first-order chi connectivity index (χ1) is 12.8. The number of aromatic nitrogens is 4. The molecule has 0 unspecified atom stereocenters. The van der Waals surface area contributed by atoms with Crippen molar-refractivity contribution in [2.75, 3.05) is 13.7 Å².